The molecule has 0 saturated heterocycles. The largest absolute Gasteiger partial charge is 0.490 e. The van der Waals surface area contributed by atoms with Crippen LogP contribution in [0.1, 0.15) is 19.4 Å². The minimum atomic E-state index is -0.0689. The average molecular weight is 451 g/mol. The van der Waals surface area contributed by atoms with Crippen molar-refractivity contribution in [2.75, 3.05) is 19.8 Å². The number of carbonyl (C=O) groups excluding carboxylic acids is 1. The topological polar surface area (TPSA) is 78.3 Å². The van der Waals surface area contributed by atoms with Gasteiger partial charge in [0.25, 0.3) is 0 Å². The van der Waals surface area contributed by atoms with Crippen LogP contribution >= 0.6 is 11.3 Å². The first-order valence-electron chi connectivity index (χ1n) is 10.7. The summed E-state index contributed by atoms with van der Waals surface area (Å²) in [5.74, 6) is 2.11. The van der Waals surface area contributed by atoms with E-state index in [9.17, 15) is 4.79 Å². The van der Waals surface area contributed by atoms with Crippen molar-refractivity contribution >= 4 is 28.3 Å². The number of hydrogen-bond acceptors (Lipinski definition) is 6. The van der Waals surface area contributed by atoms with Gasteiger partial charge in [-0.25, -0.2) is 9.97 Å². The fourth-order valence-electron chi connectivity index (χ4n) is 3.55. The van der Waals surface area contributed by atoms with Gasteiger partial charge in [0.1, 0.15) is 12.2 Å². The summed E-state index contributed by atoms with van der Waals surface area (Å²) < 4.78 is 13.2. The maximum absolute atomic E-state index is 12.8. The Hall–Kier alpha value is -3.39. The Kier molecular flexibility index (Phi) is 7.01. The minimum absolute atomic E-state index is 0.0689. The number of fused-ring (bicyclic) bond motifs is 1. The molecule has 0 radical (unpaired) electrons. The number of aromatic nitrogens is 3. The van der Waals surface area contributed by atoms with Gasteiger partial charge in [-0.05, 0) is 50.1 Å². The summed E-state index contributed by atoms with van der Waals surface area (Å²) >= 11 is 1.51. The van der Waals surface area contributed by atoms with E-state index < -0.39 is 0 Å². The Balaban J connectivity index is 1.42. The number of amides is 1. The van der Waals surface area contributed by atoms with E-state index in [1.165, 1.54) is 11.3 Å². The molecule has 1 N–H and O–H groups in total. The Morgan fingerprint density at radius 1 is 1.09 bits per heavy atom. The molecule has 4 aromatic rings. The number of para-hydroxylation sites is 2. The number of hydrogen-bond donors (Lipinski definition) is 1. The molecule has 0 spiro atoms. The van der Waals surface area contributed by atoms with Crippen LogP contribution in [0.5, 0.6) is 11.5 Å². The van der Waals surface area contributed by atoms with Crippen molar-refractivity contribution in [1.29, 1.82) is 0 Å². The predicted octanol–water partition coefficient (Wildman–Crippen LogP) is 4.32. The maximum atomic E-state index is 12.8. The molecule has 0 atom stereocenters. The number of carbonyl (C=O) groups is 1. The van der Waals surface area contributed by atoms with E-state index in [0.717, 1.165) is 33.8 Å². The van der Waals surface area contributed by atoms with E-state index >= 15 is 0 Å². The van der Waals surface area contributed by atoms with E-state index in [-0.39, 0.29) is 12.5 Å². The van der Waals surface area contributed by atoms with Gasteiger partial charge in [0, 0.05) is 11.9 Å². The summed E-state index contributed by atoms with van der Waals surface area (Å²) in [6, 6.07) is 13.7. The predicted molar refractivity (Wildman–Crippen MR) is 126 cm³/mol. The van der Waals surface area contributed by atoms with Gasteiger partial charge in [-0.2, -0.15) is 0 Å². The lowest BCUT2D eigenvalue weighted by molar-refractivity contribution is -0.121. The molecule has 2 heterocycles. The van der Waals surface area contributed by atoms with Gasteiger partial charge in [-0.1, -0.05) is 18.2 Å². The molecule has 2 aromatic heterocycles. The number of ether oxygens (including phenoxy) is 2. The summed E-state index contributed by atoms with van der Waals surface area (Å²) in [5.41, 5.74) is 5.39. The number of rotatable bonds is 10. The van der Waals surface area contributed by atoms with Gasteiger partial charge in [0.2, 0.25) is 5.91 Å². The zero-order valence-corrected chi connectivity index (χ0v) is 19.0. The fourth-order valence-corrected chi connectivity index (χ4v) is 4.08. The van der Waals surface area contributed by atoms with Gasteiger partial charge in [-0.3, -0.25) is 4.79 Å². The Morgan fingerprint density at radius 2 is 1.91 bits per heavy atom. The molecule has 0 unspecified atom stereocenters. The monoisotopic (exact) mass is 450 g/mol. The van der Waals surface area contributed by atoms with E-state index in [1.54, 1.807) is 5.51 Å². The van der Waals surface area contributed by atoms with Crippen molar-refractivity contribution in [1.82, 2.24) is 19.9 Å². The van der Waals surface area contributed by atoms with Crippen molar-refractivity contribution in [3.05, 3.63) is 58.9 Å². The highest BCUT2D eigenvalue weighted by Gasteiger charge is 2.16. The van der Waals surface area contributed by atoms with Crippen LogP contribution in [0.2, 0.25) is 0 Å². The van der Waals surface area contributed by atoms with Crippen LogP contribution in [0.4, 0.5) is 0 Å². The second-order valence-corrected chi connectivity index (χ2v) is 7.85. The molecular formula is C24H26N4O3S. The van der Waals surface area contributed by atoms with Gasteiger partial charge in [0.05, 0.1) is 29.8 Å². The standard InChI is InChI=1S/C24H26N4O3S/c1-3-30-21-10-9-17(13-22(21)31-4-2)11-12-25-23(29)14-28-20-8-6-5-7-18(20)27-24(28)19-15-32-16-26-19/h5-10,13,15-16H,3-4,11-12,14H2,1-2H3,(H,25,29). The van der Waals surface area contributed by atoms with Crippen LogP contribution in [0, 0.1) is 0 Å². The number of imidazole rings is 1. The smallest absolute Gasteiger partial charge is 0.240 e. The molecule has 0 bridgehead atoms. The Labute approximate surface area is 191 Å². The third kappa shape index (κ3) is 4.91. The van der Waals surface area contributed by atoms with E-state index in [4.69, 9.17) is 9.47 Å². The molecule has 166 valence electrons. The summed E-state index contributed by atoms with van der Waals surface area (Å²) in [5, 5.41) is 4.96. The second kappa shape index (κ2) is 10.3. The van der Waals surface area contributed by atoms with Crippen LogP contribution in [-0.2, 0) is 17.8 Å². The summed E-state index contributed by atoms with van der Waals surface area (Å²) in [6.45, 7) is 5.75. The normalized spacial score (nSPS) is 10.9. The lowest BCUT2D eigenvalue weighted by Gasteiger charge is -2.13. The van der Waals surface area contributed by atoms with Gasteiger partial charge in [-0.15, -0.1) is 11.3 Å². The first kappa shape index (κ1) is 21.8. The minimum Gasteiger partial charge on any atom is -0.490 e. The van der Waals surface area contributed by atoms with Crippen molar-refractivity contribution in [2.45, 2.75) is 26.8 Å². The third-order valence-electron chi connectivity index (χ3n) is 4.96. The molecule has 7 nitrogen and oxygen atoms in total. The molecule has 2 aromatic carbocycles. The second-order valence-electron chi connectivity index (χ2n) is 7.13. The molecule has 0 aliphatic carbocycles. The molecule has 32 heavy (non-hydrogen) atoms. The molecule has 0 aliphatic rings. The van der Waals surface area contributed by atoms with Gasteiger partial charge < -0.3 is 19.4 Å². The van der Waals surface area contributed by atoms with Crippen LogP contribution in [0.15, 0.2) is 53.4 Å². The Morgan fingerprint density at radius 3 is 2.69 bits per heavy atom. The van der Waals surface area contributed by atoms with Gasteiger partial charge >= 0.3 is 0 Å². The number of thiazole rings is 1. The summed E-state index contributed by atoms with van der Waals surface area (Å²) in [4.78, 5) is 21.8. The third-order valence-corrected chi connectivity index (χ3v) is 5.55. The average Bonchev–Trinajstić information content (AvgIpc) is 3.44. The number of nitrogens with one attached hydrogen (secondary N) is 1. The number of nitrogens with zero attached hydrogens (tertiary/aromatic N) is 3. The maximum Gasteiger partial charge on any atom is 0.240 e. The molecule has 0 saturated carbocycles. The number of benzene rings is 2. The highest BCUT2D eigenvalue weighted by Crippen LogP contribution is 2.29. The molecule has 1 amide bonds. The van der Waals surface area contributed by atoms with Crippen LogP contribution < -0.4 is 14.8 Å². The van der Waals surface area contributed by atoms with Gasteiger partial charge in [0.15, 0.2) is 17.3 Å². The SMILES string of the molecule is CCOc1ccc(CCNC(=O)Cn2c(-c3cscn3)nc3ccccc32)cc1OCC. The zero-order valence-electron chi connectivity index (χ0n) is 18.2. The van der Waals surface area contributed by atoms with Crippen molar-refractivity contribution in [3.8, 4) is 23.0 Å². The lowest BCUT2D eigenvalue weighted by atomic mass is 10.1. The van der Waals surface area contributed by atoms with Crippen LogP contribution in [0.25, 0.3) is 22.6 Å². The van der Waals surface area contributed by atoms with Crippen LogP contribution in [-0.4, -0.2) is 40.2 Å². The molecule has 0 fully saturated rings. The summed E-state index contributed by atoms with van der Waals surface area (Å²) in [6.07, 6.45) is 0.696. The van der Waals surface area contributed by atoms with E-state index in [1.807, 2.05) is 66.3 Å². The lowest BCUT2D eigenvalue weighted by Crippen LogP contribution is -2.29. The van der Waals surface area contributed by atoms with Crippen molar-refractivity contribution in [3.63, 3.8) is 0 Å². The van der Waals surface area contributed by atoms with Crippen molar-refractivity contribution < 1.29 is 14.3 Å². The molecule has 8 heteroatoms. The highest BCUT2D eigenvalue weighted by atomic mass is 32.1. The summed E-state index contributed by atoms with van der Waals surface area (Å²) in [7, 11) is 0. The first-order chi connectivity index (χ1) is 15.7. The van der Waals surface area contributed by atoms with E-state index in [0.29, 0.717) is 32.0 Å². The molecular weight excluding hydrogens is 424 g/mol. The molecule has 0 aliphatic heterocycles. The highest BCUT2D eigenvalue weighted by molar-refractivity contribution is 7.07. The first-order valence-corrected chi connectivity index (χ1v) is 11.6. The quantitative estimate of drug-likeness (QED) is 0.389. The van der Waals surface area contributed by atoms with Crippen molar-refractivity contribution in [2.24, 2.45) is 0 Å². The van der Waals surface area contributed by atoms with Crippen LogP contribution in [0.3, 0.4) is 0 Å². The Bertz CT molecular complexity index is 1190. The zero-order chi connectivity index (χ0) is 22.3. The fraction of sp³-hybridized carbons (Fsp3) is 0.292. The van der Waals surface area contributed by atoms with E-state index in [2.05, 4.69) is 15.3 Å². The molecule has 4 rings (SSSR count).